The van der Waals surface area contributed by atoms with Crippen molar-refractivity contribution in [2.45, 2.75) is 13.8 Å². The Morgan fingerprint density at radius 1 is 1.09 bits per heavy atom. The van der Waals surface area contributed by atoms with Gasteiger partial charge in [-0.15, -0.1) is 0 Å². The third kappa shape index (κ3) is 2.88. The monoisotopic (exact) mass is 306 g/mol. The summed E-state index contributed by atoms with van der Waals surface area (Å²) in [6.45, 7) is 3.98. The van der Waals surface area contributed by atoms with Crippen LogP contribution in [0.25, 0.3) is 10.9 Å². The van der Waals surface area contributed by atoms with Crippen LogP contribution in [0.15, 0.2) is 47.5 Å². The van der Waals surface area contributed by atoms with Gasteiger partial charge in [0.25, 0.3) is 0 Å². The van der Waals surface area contributed by atoms with Crippen LogP contribution in [0.2, 0.25) is 0 Å². The molecule has 3 rings (SSSR count). The summed E-state index contributed by atoms with van der Waals surface area (Å²) in [4.78, 5) is 9.12. The first-order valence-electron chi connectivity index (χ1n) is 7.37. The van der Waals surface area contributed by atoms with E-state index in [4.69, 9.17) is 4.74 Å². The molecule has 4 nitrogen and oxygen atoms in total. The zero-order chi connectivity index (χ0) is 16.4. The Morgan fingerprint density at radius 3 is 2.70 bits per heavy atom. The number of pyridine rings is 1. The quantitative estimate of drug-likeness (QED) is 0.733. The number of aryl methyl sites for hydroxylation is 2. The standard InChI is InChI=1S/C19H18N2O2/c1-12-7-10-16-15(9-8-13(2)21-16)18(12)20-11-14-5-4-6-17(23-3)19(14)22/h4-11,22H,1-3H3. The molecule has 0 radical (unpaired) electrons. The number of hydrogen-bond donors (Lipinski definition) is 1. The lowest BCUT2D eigenvalue weighted by Gasteiger charge is -2.07. The van der Waals surface area contributed by atoms with Gasteiger partial charge in [-0.3, -0.25) is 9.98 Å². The molecular weight excluding hydrogens is 288 g/mol. The van der Waals surface area contributed by atoms with Crippen LogP contribution in [0.3, 0.4) is 0 Å². The molecule has 0 aliphatic rings. The van der Waals surface area contributed by atoms with E-state index < -0.39 is 0 Å². The van der Waals surface area contributed by atoms with E-state index in [1.165, 1.54) is 7.11 Å². The minimum atomic E-state index is 0.0885. The van der Waals surface area contributed by atoms with Crippen LogP contribution in [0, 0.1) is 13.8 Å². The van der Waals surface area contributed by atoms with E-state index in [1.54, 1.807) is 18.3 Å². The fraction of sp³-hybridized carbons (Fsp3) is 0.158. The van der Waals surface area contributed by atoms with Crippen molar-refractivity contribution < 1.29 is 9.84 Å². The van der Waals surface area contributed by atoms with Crippen molar-refractivity contribution in [2.24, 2.45) is 4.99 Å². The molecule has 3 aromatic rings. The fourth-order valence-corrected chi connectivity index (χ4v) is 2.51. The molecule has 2 aromatic carbocycles. The maximum absolute atomic E-state index is 10.2. The molecule has 0 bridgehead atoms. The smallest absolute Gasteiger partial charge is 0.166 e. The second-order valence-corrected chi connectivity index (χ2v) is 5.41. The average Bonchev–Trinajstić information content (AvgIpc) is 2.55. The number of aromatic nitrogens is 1. The second-order valence-electron chi connectivity index (χ2n) is 5.41. The summed E-state index contributed by atoms with van der Waals surface area (Å²) in [7, 11) is 1.53. The molecule has 1 heterocycles. The van der Waals surface area contributed by atoms with Gasteiger partial charge in [-0.1, -0.05) is 12.1 Å². The normalized spacial score (nSPS) is 11.3. The number of rotatable bonds is 3. The van der Waals surface area contributed by atoms with E-state index in [0.29, 0.717) is 11.3 Å². The Kier molecular flexibility index (Phi) is 3.98. The number of aromatic hydroxyl groups is 1. The Balaban J connectivity index is 2.10. The number of aliphatic imine (C=N–C) groups is 1. The molecule has 0 fully saturated rings. The van der Waals surface area contributed by atoms with E-state index in [9.17, 15) is 5.11 Å². The first kappa shape index (κ1) is 15.0. The third-order valence-corrected chi connectivity index (χ3v) is 3.77. The van der Waals surface area contributed by atoms with Gasteiger partial charge in [0, 0.05) is 22.9 Å². The number of hydrogen-bond acceptors (Lipinski definition) is 4. The SMILES string of the molecule is COc1cccc(C=Nc2c(C)ccc3nc(C)ccc23)c1O. The van der Waals surface area contributed by atoms with Gasteiger partial charge in [0.2, 0.25) is 0 Å². The predicted molar refractivity (Wildman–Crippen MR) is 93.1 cm³/mol. The van der Waals surface area contributed by atoms with Crippen LogP contribution in [0.1, 0.15) is 16.8 Å². The summed E-state index contributed by atoms with van der Waals surface area (Å²) in [5, 5.41) is 11.2. The maximum atomic E-state index is 10.2. The molecule has 0 amide bonds. The molecular formula is C19H18N2O2. The van der Waals surface area contributed by atoms with Gasteiger partial charge in [0.05, 0.1) is 18.3 Å². The Bertz CT molecular complexity index is 901. The lowest BCUT2D eigenvalue weighted by Crippen LogP contribution is -1.89. The summed E-state index contributed by atoms with van der Waals surface area (Å²) < 4.78 is 5.12. The number of ether oxygens (including phenoxy) is 1. The molecule has 0 atom stereocenters. The first-order valence-corrected chi connectivity index (χ1v) is 7.37. The van der Waals surface area contributed by atoms with E-state index in [-0.39, 0.29) is 5.75 Å². The molecule has 0 saturated heterocycles. The number of benzene rings is 2. The molecule has 0 unspecified atom stereocenters. The zero-order valence-corrected chi connectivity index (χ0v) is 13.4. The van der Waals surface area contributed by atoms with Gasteiger partial charge in [-0.05, 0) is 49.7 Å². The second kappa shape index (κ2) is 6.08. The van der Waals surface area contributed by atoms with Crippen LogP contribution >= 0.6 is 0 Å². The molecule has 0 aliphatic carbocycles. The van der Waals surface area contributed by atoms with E-state index in [0.717, 1.165) is 27.8 Å². The highest BCUT2D eigenvalue weighted by molar-refractivity contribution is 5.95. The number of methoxy groups -OCH3 is 1. The molecule has 116 valence electrons. The van der Waals surface area contributed by atoms with Crippen LogP contribution in [0.5, 0.6) is 11.5 Å². The van der Waals surface area contributed by atoms with Crippen molar-refractivity contribution >= 4 is 22.8 Å². The van der Waals surface area contributed by atoms with Gasteiger partial charge in [0.1, 0.15) is 0 Å². The Hall–Kier alpha value is -2.88. The van der Waals surface area contributed by atoms with Gasteiger partial charge in [-0.25, -0.2) is 0 Å². The number of para-hydroxylation sites is 1. The van der Waals surface area contributed by atoms with Crippen molar-refractivity contribution in [1.29, 1.82) is 0 Å². The molecule has 23 heavy (non-hydrogen) atoms. The molecule has 0 aliphatic heterocycles. The topological polar surface area (TPSA) is 54.7 Å². The first-order chi connectivity index (χ1) is 11.1. The maximum Gasteiger partial charge on any atom is 0.166 e. The summed E-state index contributed by atoms with van der Waals surface area (Å²) in [6.07, 6.45) is 1.65. The summed E-state index contributed by atoms with van der Waals surface area (Å²) in [5.41, 5.74) is 4.42. The summed E-state index contributed by atoms with van der Waals surface area (Å²) >= 11 is 0. The highest BCUT2D eigenvalue weighted by Crippen LogP contribution is 2.31. The Morgan fingerprint density at radius 2 is 1.91 bits per heavy atom. The van der Waals surface area contributed by atoms with Crippen molar-refractivity contribution in [1.82, 2.24) is 4.98 Å². The highest BCUT2D eigenvalue weighted by atomic mass is 16.5. The highest BCUT2D eigenvalue weighted by Gasteiger charge is 2.07. The lowest BCUT2D eigenvalue weighted by molar-refractivity contribution is 0.373. The van der Waals surface area contributed by atoms with E-state index in [1.807, 2.05) is 44.2 Å². The van der Waals surface area contributed by atoms with Crippen LogP contribution in [-0.2, 0) is 0 Å². The molecule has 0 saturated carbocycles. The third-order valence-electron chi connectivity index (χ3n) is 3.77. The lowest BCUT2D eigenvalue weighted by atomic mass is 10.1. The molecule has 4 heteroatoms. The van der Waals surface area contributed by atoms with Gasteiger partial charge in [0.15, 0.2) is 11.5 Å². The summed E-state index contributed by atoms with van der Waals surface area (Å²) in [6, 6.07) is 13.3. The number of phenols is 1. The van der Waals surface area contributed by atoms with Crippen LogP contribution in [0.4, 0.5) is 5.69 Å². The Labute approximate surface area is 135 Å². The van der Waals surface area contributed by atoms with Crippen molar-refractivity contribution in [3.8, 4) is 11.5 Å². The van der Waals surface area contributed by atoms with Gasteiger partial charge >= 0.3 is 0 Å². The molecule has 1 N–H and O–H groups in total. The summed E-state index contributed by atoms with van der Waals surface area (Å²) in [5.74, 6) is 0.520. The number of phenolic OH excluding ortho intramolecular Hbond substituents is 1. The van der Waals surface area contributed by atoms with Crippen molar-refractivity contribution in [3.05, 3.63) is 59.3 Å². The average molecular weight is 306 g/mol. The fourth-order valence-electron chi connectivity index (χ4n) is 2.51. The van der Waals surface area contributed by atoms with Gasteiger partial charge in [-0.2, -0.15) is 0 Å². The largest absolute Gasteiger partial charge is 0.504 e. The number of nitrogens with zero attached hydrogens (tertiary/aromatic N) is 2. The van der Waals surface area contributed by atoms with Crippen molar-refractivity contribution in [2.75, 3.05) is 7.11 Å². The minimum Gasteiger partial charge on any atom is -0.504 e. The van der Waals surface area contributed by atoms with Crippen molar-refractivity contribution in [3.63, 3.8) is 0 Å². The minimum absolute atomic E-state index is 0.0885. The van der Waals surface area contributed by atoms with Crippen LogP contribution in [-0.4, -0.2) is 23.4 Å². The molecule has 1 aromatic heterocycles. The predicted octanol–water partition coefficient (Wildman–Crippen LogP) is 4.32. The van der Waals surface area contributed by atoms with Gasteiger partial charge < -0.3 is 9.84 Å². The van der Waals surface area contributed by atoms with E-state index in [2.05, 4.69) is 9.98 Å². The van der Waals surface area contributed by atoms with E-state index >= 15 is 0 Å². The van der Waals surface area contributed by atoms with Crippen LogP contribution < -0.4 is 4.74 Å². The number of fused-ring (bicyclic) bond motifs is 1. The zero-order valence-electron chi connectivity index (χ0n) is 13.4. The molecule has 0 spiro atoms.